The molecular formula is C27H32N4O7. The van der Waals surface area contributed by atoms with Gasteiger partial charge in [-0.1, -0.05) is 12.1 Å². The molecule has 0 radical (unpaired) electrons. The lowest BCUT2D eigenvalue weighted by Gasteiger charge is -2.37. The molecule has 0 bridgehead atoms. The van der Waals surface area contributed by atoms with Gasteiger partial charge in [0.15, 0.2) is 17.9 Å². The Labute approximate surface area is 220 Å². The van der Waals surface area contributed by atoms with Gasteiger partial charge in [-0.15, -0.1) is 10.2 Å². The predicted octanol–water partition coefficient (Wildman–Crippen LogP) is 2.69. The first-order valence-corrected chi connectivity index (χ1v) is 12.4. The van der Waals surface area contributed by atoms with E-state index in [0.717, 1.165) is 11.3 Å². The molecule has 3 aliphatic heterocycles. The molecule has 0 aliphatic carbocycles. The van der Waals surface area contributed by atoms with E-state index in [2.05, 4.69) is 20.2 Å². The summed E-state index contributed by atoms with van der Waals surface area (Å²) >= 11 is 0. The van der Waals surface area contributed by atoms with Crippen LogP contribution in [0, 0.1) is 0 Å². The summed E-state index contributed by atoms with van der Waals surface area (Å²) in [5, 5.41) is 8.87. The molecule has 11 heteroatoms. The lowest BCUT2D eigenvalue weighted by molar-refractivity contribution is -0.243. The van der Waals surface area contributed by atoms with Crippen molar-refractivity contribution in [3.05, 3.63) is 60.4 Å². The lowest BCUT2D eigenvalue weighted by atomic mass is 9.99. The summed E-state index contributed by atoms with van der Waals surface area (Å²) in [7, 11) is 0. The maximum atomic E-state index is 6.27. The number of fused-ring (bicyclic) bond motifs is 3. The van der Waals surface area contributed by atoms with Crippen LogP contribution in [0.3, 0.4) is 0 Å². The standard InChI is InChI=1S/C27H30N4O6.H2O/c1-26(2)34-22-20(33-25-24(23(22)35-26)36-27(3,4)37-25)15-32-14-16-13-19(17-9-5-7-11-28-17)30-31-21(16)18-10-6-8-12-29-18;/h5-13,20,22-25H,14-15H2,1-4H3;1H2/t20-,22+,23+,24-,25-;/m1./s1. The van der Waals surface area contributed by atoms with Crippen LogP contribution in [0.2, 0.25) is 0 Å². The highest BCUT2D eigenvalue weighted by Gasteiger charge is 2.60. The normalized spacial score (nSPS) is 28.8. The number of nitrogens with zero attached hydrogens (tertiary/aromatic N) is 4. The van der Waals surface area contributed by atoms with Crippen molar-refractivity contribution in [3.63, 3.8) is 0 Å². The largest absolute Gasteiger partial charge is 0.412 e. The molecule has 0 unspecified atom stereocenters. The molecule has 11 nitrogen and oxygen atoms in total. The van der Waals surface area contributed by atoms with Crippen LogP contribution < -0.4 is 0 Å². The van der Waals surface area contributed by atoms with E-state index in [9.17, 15) is 0 Å². The van der Waals surface area contributed by atoms with Crippen LogP contribution in [0.5, 0.6) is 0 Å². The molecule has 5 atom stereocenters. The molecule has 38 heavy (non-hydrogen) atoms. The quantitative estimate of drug-likeness (QED) is 0.473. The second-order valence-electron chi connectivity index (χ2n) is 10.3. The van der Waals surface area contributed by atoms with Crippen LogP contribution in [0.15, 0.2) is 54.9 Å². The van der Waals surface area contributed by atoms with Gasteiger partial charge in [0.05, 0.1) is 24.6 Å². The summed E-state index contributed by atoms with van der Waals surface area (Å²) < 4.78 is 37.0. The second kappa shape index (κ2) is 10.3. The lowest BCUT2D eigenvalue weighted by Crippen LogP contribution is -2.56. The number of aromatic nitrogens is 4. The van der Waals surface area contributed by atoms with E-state index >= 15 is 0 Å². The molecule has 202 valence electrons. The van der Waals surface area contributed by atoms with Gasteiger partial charge in [-0.3, -0.25) is 9.97 Å². The third kappa shape index (κ3) is 5.32. The Morgan fingerprint density at radius 3 is 2.13 bits per heavy atom. The van der Waals surface area contributed by atoms with Crippen molar-refractivity contribution < 1.29 is 33.9 Å². The minimum atomic E-state index is -0.770. The van der Waals surface area contributed by atoms with Crippen LogP contribution >= 0.6 is 0 Å². The van der Waals surface area contributed by atoms with Crippen molar-refractivity contribution in [1.82, 2.24) is 20.2 Å². The average molecular weight is 525 g/mol. The molecule has 3 aromatic rings. The summed E-state index contributed by atoms with van der Waals surface area (Å²) in [5.41, 5.74) is 3.59. The SMILES string of the molecule is CC1(C)O[C@H]2[C@@H](O1)[C@@H](COCc1cc(-c3ccccn3)nnc1-c1ccccn1)O[C@@H]1OC(C)(C)O[C@@H]12.O. The molecule has 2 N–H and O–H groups in total. The molecule has 6 rings (SSSR count). The Morgan fingerprint density at radius 1 is 0.763 bits per heavy atom. The fraction of sp³-hybridized carbons (Fsp3) is 0.481. The highest BCUT2D eigenvalue weighted by atomic mass is 16.9. The van der Waals surface area contributed by atoms with E-state index in [1.807, 2.05) is 70.2 Å². The van der Waals surface area contributed by atoms with Gasteiger partial charge in [0.1, 0.15) is 35.8 Å². The van der Waals surface area contributed by atoms with Gasteiger partial charge in [0.2, 0.25) is 0 Å². The number of pyridine rings is 2. The summed E-state index contributed by atoms with van der Waals surface area (Å²) in [4.78, 5) is 8.86. The molecule has 3 aromatic heterocycles. The zero-order valence-electron chi connectivity index (χ0n) is 21.7. The molecule has 0 aromatic carbocycles. The van der Waals surface area contributed by atoms with Crippen LogP contribution in [0.25, 0.3) is 22.8 Å². The first-order valence-electron chi connectivity index (χ1n) is 12.4. The molecule has 0 spiro atoms. The minimum Gasteiger partial charge on any atom is -0.412 e. The summed E-state index contributed by atoms with van der Waals surface area (Å²) in [6, 6.07) is 13.3. The topological polar surface area (TPSA) is 138 Å². The highest BCUT2D eigenvalue weighted by molar-refractivity contribution is 5.63. The number of rotatable bonds is 6. The molecular weight excluding hydrogens is 492 g/mol. The smallest absolute Gasteiger partial charge is 0.190 e. The fourth-order valence-corrected chi connectivity index (χ4v) is 5.01. The molecule has 0 amide bonds. The zero-order chi connectivity index (χ0) is 25.6. The van der Waals surface area contributed by atoms with Crippen LogP contribution in [-0.2, 0) is 35.0 Å². The van der Waals surface area contributed by atoms with E-state index in [1.54, 1.807) is 12.4 Å². The van der Waals surface area contributed by atoms with Crippen LogP contribution in [0.4, 0.5) is 0 Å². The van der Waals surface area contributed by atoms with Gasteiger partial charge in [0, 0.05) is 18.0 Å². The van der Waals surface area contributed by atoms with E-state index in [1.165, 1.54) is 0 Å². The van der Waals surface area contributed by atoms with Crippen LogP contribution in [0.1, 0.15) is 33.3 Å². The first-order chi connectivity index (χ1) is 17.8. The van der Waals surface area contributed by atoms with E-state index in [0.29, 0.717) is 17.1 Å². The zero-order valence-corrected chi connectivity index (χ0v) is 21.7. The van der Waals surface area contributed by atoms with E-state index < -0.39 is 24.0 Å². The highest BCUT2D eigenvalue weighted by Crippen LogP contribution is 2.44. The maximum absolute atomic E-state index is 6.27. The van der Waals surface area contributed by atoms with Crippen LogP contribution in [-0.4, -0.2) is 74.5 Å². The van der Waals surface area contributed by atoms with Crippen molar-refractivity contribution >= 4 is 0 Å². The Hall–Kier alpha value is -2.90. The monoisotopic (exact) mass is 524 g/mol. The predicted molar refractivity (Wildman–Crippen MR) is 134 cm³/mol. The number of hydrogen-bond donors (Lipinski definition) is 0. The van der Waals surface area contributed by atoms with Gasteiger partial charge in [-0.05, 0) is 58.0 Å². The first kappa shape index (κ1) is 26.7. The number of hydrogen-bond acceptors (Lipinski definition) is 10. The van der Waals surface area contributed by atoms with Gasteiger partial charge < -0.3 is 33.9 Å². The van der Waals surface area contributed by atoms with Crippen molar-refractivity contribution in [1.29, 1.82) is 0 Å². The number of ether oxygens (including phenoxy) is 6. The molecule has 6 heterocycles. The van der Waals surface area contributed by atoms with Crippen molar-refractivity contribution in [2.45, 2.75) is 76.6 Å². The van der Waals surface area contributed by atoms with Crippen molar-refractivity contribution in [2.75, 3.05) is 6.61 Å². The summed E-state index contributed by atoms with van der Waals surface area (Å²) in [6.07, 6.45) is 1.42. The Bertz CT molecular complexity index is 1240. The van der Waals surface area contributed by atoms with Crippen molar-refractivity contribution in [3.8, 4) is 22.8 Å². The average Bonchev–Trinajstić information content (AvgIpc) is 3.39. The summed E-state index contributed by atoms with van der Waals surface area (Å²) in [6.45, 7) is 8.03. The van der Waals surface area contributed by atoms with E-state index in [4.69, 9.17) is 28.4 Å². The molecule has 0 saturated carbocycles. The second-order valence-corrected chi connectivity index (χ2v) is 10.3. The van der Waals surface area contributed by atoms with Crippen molar-refractivity contribution in [2.24, 2.45) is 0 Å². The minimum absolute atomic E-state index is 0. The van der Waals surface area contributed by atoms with Gasteiger partial charge in [-0.25, -0.2) is 0 Å². The Kier molecular flexibility index (Phi) is 7.27. The van der Waals surface area contributed by atoms with Gasteiger partial charge in [-0.2, -0.15) is 0 Å². The van der Waals surface area contributed by atoms with Gasteiger partial charge >= 0.3 is 0 Å². The Balaban J connectivity index is 0.00000294. The summed E-state index contributed by atoms with van der Waals surface area (Å²) in [5.74, 6) is -1.53. The third-order valence-corrected chi connectivity index (χ3v) is 6.50. The van der Waals surface area contributed by atoms with Gasteiger partial charge in [0.25, 0.3) is 0 Å². The third-order valence-electron chi connectivity index (χ3n) is 6.50. The Morgan fingerprint density at radius 2 is 1.42 bits per heavy atom. The van der Waals surface area contributed by atoms with E-state index in [-0.39, 0.29) is 37.0 Å². The maximum Gasteiger partial charge on any atom is 0.190 e. The molecule has 3 saturated heterocycles. The fourth-order valence-electron chi connectivity index (χ4n) is 5.01. The molecule has 3 fully saturated rings. The molecule has 3 aliphatic rings.